The third-order valence-corrected chi connectivity index (χ3v) is 4.80. The summed E-state index contributed by atoms with van der Waals surface area (Å²) in [5.74, 6) is 1.16. The van der Waals surface area contributed by atoms with Crippen LogP contribution in [0.2, 0.25) is 0 Å². The minimum Gasteiger partial charge on any atom is -0.313 e. The molecule has 0 aromatic carbocycles. The molecule has 1 N–H and O–H groups in total. The topological polar surface area (TPSA) is 29.9 Å². The number of nitrogens with zero attached hydrogens (tertiary/aromatic N) is 2. The molecule has 4 heteroatoms. The van der Waals surface area contributed by atoms with E-state index < -0.39 is 0 Å². The van der Waals surface area contributed by atoms with Crippen LogP contribution >= 0.6 is 11.8 Å². The molecule has 0 amide bonds. The highest BCUT2D eigenvalue weighted by molar-refractivity contribution is 7.99. The highest BCUT2D eigenvalue weighted by atomic mass is 32.2. The van der Waals surface area contributed by atoms with Crippen LogP contribution in [0.25, 0.3) is 0 Å². The Hall–Kier alpha value is -0.480. The van der Waals surface area contributed by atoms with Crippen molar-refractivity contribution in [2.75, 3.05) is 12.3 Å². The highest BCUT2D eigenvalue weighted by Gasteiger charge is 2.12. The number of rotatable bonds is 9. The molecule has 1 rings (SSSR count). The molecule has 0 spiro atoms. The Labute approximate surface area is 122 Å². The molecule has 0 aliphatic rings. The van der Waals surface area contributed by atoms with Crippen LogP contribution in [0.1, 0.15) is 52.8 Å². The second-order valence-corrected chi connectivity index (χ2v) is 6.86. The molecule has 110 valence electrons. The number of hydrogen-bond acceptors (Lipinski definition) is 3. The van der Waals surface area contributed by atoms with Gasteiger partial charge in [0.05, 0.1) is 5.69 Å². The number of hydrogen-bond donors (Lipinski definition) is 1. The largest absolute Gasteiger partial charge is 0.313 e. The lowest BCUT2D eigenvalue weighted by atomic mass is 10.2. The normalized spacial score (nSPS) is 14.8. The molecule has 0 radical (unpaired) electrons. The first-order valence-corrected chi connectivity index (χ1v) is 8.50. The fraction of sp³-hybridized carbons (Fsp3) is 0.800. The van der Waals surface area contributed by atoms with E-state index in [0.29, 0.717) is 12.1 Å². The van der Waals surface area contributed by atoms with E-state index in [1.807, 2.05) is 4.68 Å². The number of thioether (sulfide) groups is 1. The average Bonchev–Trinajstić information content (AvgIpc) is 2.84. The van der Waals surface area contributed by atoms with Gasteiger partial charge in [-0.15, -0.1) is 0 Å². The second kappa shape index (κ2) is 8.64. The maximum absolute atomic E-state index is 4.65. The molecule has 3 nitrogen and oxygen atoms in total. The molecule has 1 aromatic heterocycles. The Morgan fingerprint density at radius 1 is 1.32 bits per heavy atom. The van der Waals surface area contributed by atoms with Crippen LogP contribution < -0.4 is 5.32 Å². The van der Waals surface area contributed by atoms with Gasteiger partial charge in [-0.1, -0.05) is 20.8 Å². The van der Waals surface area contributed by atoms with Gasteiger partial charge in [-0.2, -0.15) is 16.9 Å². The maximum atomic E-state index is 4.65. The van der Waals surface area contributed by atoms with Gasteiger partial charge in [-0.3, -0.25) is 4.68 Å². The summed E-state index contributed by atoms with van der Waals surface area (Å²) in [6, 6.07) is 3.12. The van der Waals surface area contributed by atoms with Gasteiger partial charge in [0, 0.05) is 35.7 Å². The number of likely N-dealkylation sites (N-methyl/N-ethyl adjacent to an activating group) is 1. The van der Waals surface area contributed by atoms with Crippen LogP contribution in [0.15, 0.2) is 12.3 Å². The third kappa shape index (κ3) is 6.00. The second-order valence-electron chi connectivity index (χ2n) is 5.39. The van der Waals surface area contributed by atoms with Crippen molar-refractivity contribution in [1.82, 2.24) is 15.1 Å². The maximum Gasteiger partial charge on any atom is 0.0640 e. The molecule has 1 aromatic rings. The zero-order valence-electron chi connectivity index (χ0n) is 13.0. The van der Waals surface area contributed by atoms with Crippen LogP contribution in [-0.4, -0.2) is 33.4 Å². The van der Waals surface area contributed by atoms with Crippen LogP contribution in [-0.2, 0) is 6.42 Å². The Bertz CT molecular complexity index is 349. The van der Waals surface area contributed by atoms with Crippen molar-refractivity contribution >= 4 is 11.8 Å². The van der Waals surface area contributed by atoms with Crippen LogP contribution in [0, 0.1) is 0 Å². The quantitative estimate of drug-likeness (QED) is 0.752. The first-order chi connectivity index (χ1) is 9.06. The van der Waals surface area contributed by atoms with E-state index in [9.17, 15) is 0 Å². The zero-order chi connectivity index (χ0) is 14.3. The first kappa shape index (κ1) is 16.6. The molecule has 0 aliphatic heterocycles. The van der Waals surface area contributed by atoms with E-state index in [1.54, 1.807) is 0 Å². The van der Waals surface area contributed by atoms with Crippen molar-refractivity contribution < 1.29 is 0 Å². The standard InChI is InChI=1S/C15H29N3S/c1-6-13(5)19-11-15(16-7-2)10-14-8-9-18(17-14)12(3)4/h8-9,12-13,15-16H,6-7,10-11H2,1-5H3. The van der Waals surface area contributed by atoms with Gasteiger partial charge in [0.25, 0.3) is 0 Å². The van der Waals surface area contributed by atoms with E-state index in [4.69, 9.17) is 0 Å². The number of aromatic nitrogens is 2. The Morgan fingerprint density at radius 2 is 2.05 bits per heavy atom. The molecule has 0 fully saturated rings. The summed E-state index contributed by atoms with van der Waals surface area (Å²) in [6.45, 7) is 12.1. The molecule has 0 saturated heterocycles. The monoisotopic (exact) mass is 283 g/mol. The predicted octanol–water partition coefficient (Wildman–Crippen LogP) is 3.52. The van der Waals surface area contributed by atoms with Crippen molar-refractivity contribution in [3.8, 4) is 0 Å². The summed E-state index contributed by atoms with van der Waals surface area (Å²) in [4.78, 5) is 0. The molecule has 0 saturated carbocycles. The molecular weight excluding hydrogens is 254 g/mol. The van der Waals surface area contributed by atoms with Crippen LogP contribution in [0.3, 0.4) is 0 Å². The van der Waals surface area contributed by atoms with Gasteiger partial charge in [0.1, 0.15) is 0 Å². The Kier molecular flexibility index (Phi) is 7.54. The summed E-state index contributed by atoms with van der Waals surface area (Å²) < 4.78 is 2.04. The van der Waals surface area contributed by atoms with Gasteiger partial charge >= 0.3 is 0 Å². The van der Waals surface area contributed by atoms with E-state index in [0.717, 1.165) is 24.0 Å². The lowest BCUT2D eigenvalue weighted by Crippen LogP contribution is -2.34. The van der Waals surface area contributed by atoms with Crippen molar-refractivity contribution in [3.63, 3.8) is 0 Å². The lowest BCUT2D eigenvalue weighted by Gasteiger charge is -2.18. The molecule has 2 atom stereocenters. The summed E-state index contributed by atoms with van der Waals surface area (Å²) >= 11 is 2.06. The van der Waals surface area contributed by atoms with E-state index in [-0.39, 0.29) is 0 Å². The third-order valence-electron chi connectivity index (χ3n) is 3.30. The summed E-state index contributed by atoms with van der Waals surface area (Å²) in [5, 5.41) is 8.97. The Balaban J connectivity index is 2.51. The molecule has 2 unspecified atom stereocenters. The molecule has 0 aliphatic carbocycles. The molecule has 19 heavy (non-hydrogen) atoms. The van der Waals surface area contributed by atoms with E-state index >= 15 is 0 Å². The molecule has 0 bridgehead atoms. The molecular formula is C15H29N3S. The van der Waals surface area contributed by atoms with Crippen molar-refractivity contribution in [3.05, 3.63) is 18.0 Å². The highest BCUT2D eigenvalue weighted by Crippen LogP contribution is 2.16. The predicted molar refractivity (Wildman–Crippen MR) is 86.0 cm³/mol. The van der Waals surface area contributed by atoms with Crippen molar-refractivity contribution in [2.24, 2.45) is 0 Å². The van der Waals surface area contributed by atoms with Gasteiger partial charge < -0.3 is 5.32 Å². The lowest BCUT2D eigenvalue weighted by molar-refractivity contribution is 0.513. The van der Waals surface area contributed by atoms with Gasteiger partial charge in [0.15, 0.2) is 0 Å². The number of nitrogens with one attached hydrogen (secondary N) is 1. The van der Waals surface area contributed by atoms with Crippen molar-refractivity contribution in [2.45, 2.75) is 64.8 Å². The van der Waals surface area contributed by atoms with Gasteiger partial charge in [-0.25, -0.2) is 0 Å². The van der Waals surface area contributed by atoms with Crippen LogP contribution in [0.4, 0.5) is 0 Å². The van der Waals surface area contributed by atoms with Crippen molar-refractivity contribution in [1.29, 1.82) is 0 Å². The smallest absolute Gasteiger partial charge is 0.0640 e. The summed E-state index contributed by atoms with van der Waals surface area (Å²) in [7, 11) is 0. The minimum absolute atomic E-state index is 0.445. The Morgan fingerprint density at radius 3 is 2.58 bits per heavy atom. The SMILES string of the molecule is CCNC(CSC(C)CC)Cc1ccn(C(C)C)n1. The van der Waals surface area contributed by atoms with E-state index in [2.05, 4.69) is 69.1 Å². The van der Waals surface area contributed by atoms with Crippen LogP contribution in [0.5, 0.6) is 0 Å². The minimum atomic E-state index is 0.445. The molecule has 1 heterocycles. The fourth-order valence-electron chi connectivity index (χ4n) is 1.90. The van der Waals surface area contributed by atoms with E-state index in [1.165, 1.54) is 12.1 Å². The van der Waals surface area contributed by atoms with Gasteiger partial charge in [0.2, 0.25) is 0 Å². The summed E-state index contributed by atoms with van der Waals surface area (Å²) in [6.07, 6.45) is 4.35. The zero-order valence-corrected chi connectivity index (χ0v) is 13.8. The van der Waals surface area contributed by atoms with Gasteiger partial charge in [-0.05, 0) is 32.9 Å². The first-order valence-electron chi connectivity index (χ1n) is 7.45. The summed E-state index contributed by atoms with van der Waals surface area (Å²) in [5.41, 5.74) is 1.20. The average molecular weight is 283 g/mol. The fourth-order valence-corrected chi connectivity index (χ4v) is 2.94.